The Labute approximate surface area is 152 Å². The SMILES string of the molecule is O=C(Cn1cnnn1)N[C@H]1C2CN3CCN(C2)CC1(c1ccccc1)C3. The lowest BCUT2D eigenvalue weighted by atomic mass is 9.64. The molecule has 0 saturated carbocycles. The van der Waals surface area contributed by atoms with E-state index in [1.807, 2.05) is 0 Å². The Morgan fingerprint density at radius 3 is 2.54 bits per heavy atom. The predicted octanol–water partition coefficient (Wildman–Crippen LogP) is -0.643. The van der Waals surface area contributed by atoms with Gasteiger partial charge in [0.15, 0.2) is 0 Å². The van der Waals surface area contributed by atoms with Crippen molar-refractivity contribution in [3.05, 3.63) is 42.2 Å². The summed E-state index contributed by atoms with van der Waals surface area (Å²) in [6, 6.07) is 10.8. The predicted molar refractivity (Wildman–Crippen MR) is 94.2 cm³/mol. The first-order chi connectivity index (χ1) is 12.7. The number of nitrogens with zero attached hydrogens (tertiary/aromatic N) is 6. The number of amides is 1. The normalized spacial score (nSPS) is 35.2. The average molecular weight is 353 g/mol. The molecule has 0 radical (unpaired) electrons. The molecule has 8 nitrogen and oxygen atoms in total. The largest absolute Gasteiger partial charge is 0.350 e. The summed E-state index contributed by atoms with van der Waals surface area (Å²) in [6.45, 7) is 6.52. The van der Waals surface area contributed by atoms with Crippen LogP contribution < -0.4 is 5.32 Å². The summed E-state index contributed by atoms with van der Waals surface area (Å²) in [5.74, 6) is 0.423. The summed E-state index contributed by atoms with van der Waals surface area (Å²) in [6.07, 6.45) is 1.48. The van der Waals surface area contributed by atoms with E-state index in [0.717, 1.165) is 39.3 Å². The van der Waals surface area contributed by atoms with Gasteiger partial charge in [-0.05, 0) is 16.0 Å². The summed E-state index contributed by atoms with van der Waals surface area (Å²) < 4.78 is 1.47. The molecule has 5 heterocycles. The van der Waals surface area contributed by atoms with Crippen molar-refractivity contribution in [3.8, 4) is 0 Å². The molecule has 0 aliphatic carbocycles. The first-order valence-corrected chi connectivity index (χ1v) is 9.23. The third-order valence-electron chi connectivity index (χ3n) is 6.16. The highest BCUT2D eigenvalue weighted by atomic mass is 16.2. The van der Waals surface area contributed by atoms with Crippen LogP contribution in [-0.2, 0) is 16.8 Å². The summed E-state index contributed by atoms with van der Waals surface area (Å²) in [4.78, 5) is 17.9. The summed E-state index contributed by atoms with van der Waals surface area (Å²) in [7, 11) is 0. The molecule has 1 aromatic heterocycles. The molecule has 26 heavy (non-hydrogen) atoms. The minimum atomic E-state index is -0.0603. The number of aromatic nitrogens is 4. The molecule has 2 unspecified atom stereocenters. The first kappa shape index (κ1) is 15.9. The second kappa shape index (κ2) is 6.14. The number of hydrogen-bond donors (Lipinski definition) is 1. The van der Waals surface area contributed by atoms with E-state index in [1.54, 1.807) is 0 Å². The molecular formula is C18H23N7O. The van der Waals surface area contributed by atoms with Gasteiger partial charge in [0, 0.05) is 56.6 Å². The maximum absolute atomic E-state index is 12.7. The highest BCUT2D eigenvalue weighted by molar-refractivity contribution is 5.76. The second-order valence-corrected chi connectivity index (χ2v) is 7.81. The fourth-order valence-corrected chi connectivity index (χ4v) is 5.19. The van der Waals surface area contributed by atoms with Crippen LogP contribution >= 0.6 is 0 Å². The summed E-state index contributed by atoms with van der Waals surface area (Å²) in [5, 5.41) is 14.4. The van der Waals surface area contributed by atoms with Crippen LogP contribution in [0.3, 0.4) is 0 Å². The van der Waals surface area contributed by atoms with Gasteiger partial charge in [-0.1, -0.05) is 30.3 Å². The number of piperidine rings is 2. The number of tetrazole rings is 1. The van der Waals surface area contributed by atoms with E-state index in [2.05, 4.69) is 61.0 Å². The average Bonchev–Trinajstić information content (AvgIpc) is 3.02. The van der Waals surface area contributed by atoms with Gasteiger partial charge in [0.2, 0.25) is 5.91 Å². The number of carbonyl (C=O) groups is 1. The molecule has 136 valence electrons. The molecule has 4 saturated heterocycles. The molecule has 4 bridgehead atoms. The van der Waals surface area contributed by atoms with Crippen LogP contribution in [0.15, 0.2) is 36.7 Å². The molecule has 4 aliphatic rings. The van der Waals surface area contributed by atoms with Crippen molar-refractivity contribution in [2.75, 3.05) is 39.3 Å². The maximum atomic E-state index is 12.7. The third kappa shape index (κ3) is 2.60. The standard InChI is InChI=1S/C18H23N7O/c26-16(10-25-13-19-21-22-25)20-17-14-8-23-6-7-24(9-14)12-18(17,11-23)15-4-2-1-3-5-15/h1-5,13-14,17H,6-12H2,(H,20,26)/t14?,17-,18?/m0/s1. The highest BCUT2D eigenvalue weighted by Crippen LogP contribution is 2.43. The van der Waals surface area contributed by atoms with Crippen LogP contribution in [0.5, 0.6) is 0 Å². The van der Waals surface area contributed by atoms with Crippen LogP contribution in [0.25, 0.3) is 0 Å². The monoisotopic (exact) mass is 353 g/mol. The van der Waals surface area contributed by atoms with Crippen LogP contribution in [0.2, 0.25) is 0 Å². The molecule has 4 fully saturated rings. The molecule has 4 aliphatic heterocycles. The highest BCUT2D eigenvalue weighted by Gasteiger charge is 2.55. The number of rotatable bonds is 4. The lowest BCUT2D eigenvalue weighted by Gasteiger charge is -2.55. The molecule has 1 N–H and O–H groups in total. The van der Waals surface area contributed by atoms with E-state index >= 15 is 0 Å². The summed E-state index contributed by atoms with van der Waals surface area (Å²) >= 11 is 0. The topological polar surface area (TPSA) is 79.2 Å². The fraction of sp³-hybridized carbons (Fsp3) is 0.556. The molecule has 3 atom stereocenters. The molecule has 8 heteroatoms. The van der Waals surface area contributed by atoms with E-state index in [9.17, 15) is 4.79 Å². The van der Waals surface area contributed by atoms with Crippen LogP contribution in [0.4, 0.5) is 0 Å². The van der Waals surface area contributed by atoms with Gasteiger partial charge in [-0.25, -0.2) is 4.68 Å². The smallest absolute Gasteiger partial charge is 0.242 e. The second-order valence-electron chi connectivity index (χ2n) is 7.81. The Kier molecular flexibility index (Phi) is 3.75. The quantitative estimate of drug-likeness (QED) is 0.788. The Morgan fingerprint density at radius 1 is 1.15 bits per heavy atom. The zero-order valence-corrected chi connectivity index (χ0v) is 14.7. The lowest BCUT2D eigenvalue weighted by Crippen LogP contribution is -2.70. The number of benzene rings is 1. The van der Waals surface area contributed by atoms with Gasteiger partial charge in [0.25, 0.3) is 0 Å². The van der Waals surface area contributed by atoms with E-state index in [-0.39, 0.29) is 23.9 Å². The van der Waals surface area contributed by atoms with Gasteiger partial charge in [-0.2, -0.15) is 0 Å². The van der Waals surface area contributed by atoms with E-state index < -0.39 is 0 Å². The van der Waals surface area contributed by atoms with Gasteiger partial charge >= 0.3 is 0 Å². The van der Waals surface area contributed by atoms with Gasteiger partial charge in [-0.15, -0.1) is 5.10 Å². The minimum absolute atomic E-state index is 0.0197. The first-order valence-electron chi connectivity index (χ1n) is 9.23. The molecule has 1 amide bonds. The number of carbonyl (C=O) groups excluding carboxylic acids is 1. The van der Waals surface area contributed by atoms with E-state index in [4.69, 9.17) is 0 Å². The fourth-order valence-electron chi connectivity index (χ4n) is 5.19. The van der Waals surface area contributed by atoms with Gasteiger partial charge < -0.3 is 15.1 Å². The van der Waals surface area contributed by atoms with Crippen molar-refractivity contribution >= 4 is 5.91 Å². The molecule has 6 rings (SSSR count). The van der Waals surface area contributed by atoms with Gasteiger partial charge in [0.1, 0.15) is 12.9 Å². The van der Waals surface area contributed by atoms with Crippen molar-refractivity contribution in [1.29, 1.82) is 0 Å². The summed E-state index contributed by atoms with van der Waals surface area (Å²) in [5.41, 5.74) is 1.27. The maximum Gasteiger partial charge on any atom is 0.242 e. The van der Waals surface area contributed by atoms with Crippen LogP contribution in [0, 0.1) is 5.92 Å². The molecule has 0 spiro atoms. The van der Waals surface area contributed by atoms with Crippen molar-refractivity contribution in [1.82, 2.24) is 35.3 Å². The number of hydrogen-bond acceptors (Lipinski definition) is 6. The van der Waals surface area contributed by atoms with E-state index in [0.29, 0.717) is 5.92 Å². The third-order valence-corrected chi connectivity index (χ3v) is 6.16. The molecular weight excluding hydrogens is 330 g/mol. The Morgan fingerprint density at radius 2 is 1.88 bits per heavy atom. The Hall–Kier alpha value is -2.32. The van der Waals surface area contributed by atoms with Crippen molar-refractivity contribution < 1.29 is 4.79 Å². The number of fused-ring (bicyclic) bond motifs is 1. The van der Waals surface area contributed by atoms with E-state index in [1.165, 1.54) is 16.6 Å². The molecule has 1 aromatic carbocycles. The van der Waals surface area contributed by atoms with Crippen molar-refractivity contribution in [2.24, 2.45) is 5.92 Å². The van der Waals surface area contributed by atoms with Gasteiger partial charge in [-0.3, -0.25) is 4.79 Å². The van der Waals surface area contributed by atoms with Crippen molar-refractivity contribution in [3.63, 3.8) is 0 Å². The van der Waals surface area contributed by atoms with Crippen molar-refractivity contribution in [2.45, 2.75) is 18.0 Å². The van der Waals surface area contributed by atoms with Gasteiger partial charge in [0.05, 0.1) is 0 Å². The number of nitrogens with one attached hydrogen (secondary N) is 1. The van der Waals surface area contributed by atoms with Crippen LogP contribution in [-0.4, -0.2) is 81.2 Å². The minimum Gasteiger partial charge on any atom is -0.350 e. The zero-order chi connectivity index (χ0) is 17.6. The zero-order valence-electron chi connectivity index (χ0n) is 14.7. The Bertz CT molecular complexity index is 762. The Balaban J connectivity index is 1.47. The van der Waals surface area contributed by atoms with Crippen LogP contribution in [0.1, 0.15) is 5.56 Å². The lowest BCUT2D eigenvalue weighted by molar-refractivity contribution is -0.125. The molecule has 2 aromatic rings.